The smallest absolute Gasteiger partial charge is 0.320 e. The Morgan fingerprint density at radius 3 is 2.37 bits per heavy atom. The van der Waals surface area contributed by atoms with Crippen LogP contribution >= 0.6 is 22.9 Å². The average molecular weight is 381 g/mol. The van der Waals surface area contributed by atoms with Crippen LogP contribution < -0.4 is 0 Å². The van der Waals surface area contributed by atoms with E-state index in [-0.39, 0.29) is 5.97 Å². The second-order valence-corrected chi connectivity index (χ2v) is 6.62. The quantitative estimate of drug-likeness (QED) is 0.412. The molecule has 0 aromatic carbocycles. The maximum absolute atomic E-state index is 11.4. The molecule has 0 saturated carbocycles. The summed E-state index contributed by atoms with van der Waals surface area (Å²) in [5, 5.41) is 0. The summed E-state index contributed by atoms with van der Waals surface area (Å²) in [5.74, 6) is -0.0838. The summed E-state index contributed by atoms with van der Waals surface area (Å²) in [6.07, 6.45) is 2.36. The zero-order valence-electron chi connectivity index (χ0n) is 11.7. The van der Waals surface area contributed by atoms with E-state index in [4.69, 9.17) is 4.74 Å². The van der Waals surface area contributed by atoms with Gasteiger partial charge in [-0.2, -0.15) is 0 Å². The van der Waals surface area contributed by atoms with Crippen molar-refractivity contribution in [2.75, 3.05) is 52.4 Å². The van der Waals surface area contributed by atoms with E-state index in [0.717, 1.165) is 13.1 Å². The first-order valence-corrected chi connectivity index (χ1v) is 8.18. The number of carbonyl (C=O) groups excluding carboxylic acids is 1. The van der Waals surface area contributed by atoms with Crippen LogP contribution in [0.15, 0.2) is 0 Å². The molecule has 0 atom stereocenters. The van der Waals surface area contributed by atoms with Gasteiger partial charge in [-0.25, -0.2) is 3.11 Å². The van der Waals surface area contributed by atoms with E-state index in [1.54, 1.807) is 0 Å². The Kier molecular flexibility index (Phi) is 6.31. The lowest BCUT2D eigenvalue weighted by molar-refractivity contribution is -0.144. The van der Waals surface area contributed by atoms with Crippen LogP contribution in [0.2, 0.25) is 0 Å². The highest BCUT2D eigenvalue weighted by Crippen LogP contribution is 2.19. The highest BCUT2D eigenvalue weighted by molar-refractivity contribution is 14.1. The highest BCUT2D eigenvalue weighted by atomic mass is 127. The van der Waals surface area contributed by atoms with Gasteiger partial charge in [0.05, 0.1) is 13.2 Å². The minimum atomic E-state index is -0.0838. The van der Waals surface area contributed by atoms with Gasteiger partial charge < -0.3 is 4.74 Å². The maximum Gasteiger partial charge on any atom is 0.320 e. The zero-order chi connectivity index (χ0) is 13.7. The molecule has 0 radical (unpaired) electrons. The summed E-state index contributed by atoms with van der Waals surface area (Å²) in [6, 6.07) is 0.712. The first-order valence-electron chi connectivity index (χ1n) is 7.21. The van der Waals surface area contributed by atoms with E-state index >= 15 is 0 Å². The number of esters is 1. The van der Waals surface area contributed by atoms with Crippen molar-refractivity contribution >= 4 is 28.8 Å². The van der Waals surface area contributed by atoms with Crippen molar-refractivity contribution in [3.8, 4) is 0 Å². The Labute approximate surface area is 129 Å². The van der Waals surface area contributed by atoms with E-state index in [1.807, 2.05) is 6.92 Å². The Morgan fingerprint density at radius 2 is 1.79 bits per heavy atom. The van der Waals surface area contributed by atoms with Gasteiger partial charge in [-0.05, 0) is 19.8 Å². The molecule has 2 heterocycles. The third-order valence-corrected chi connectivity index (χ3v) is 4.96. The van der Waals surface area contributed by atoms with Crippen LogP contribution in [-0.4, -0.2) is 77.3 Å². The second-order valence-electron chi connectivity index (χ2n) is 5.26. The van der Waals surface area contributed by atoms with E-state index < -0.39 is 0 Å². The van der Waals surface area contributed by atoms with E-state index in [0.29, 0.717) is 19.2 Å². The average Bonchev–Trinajstić information content (AvgIpc) is 2.41. The predicted octanol–water partition coefficient (Wildman–Crippen LogP) is 0.981. The molecule has 5 nitrogen and oxygen atoms in total. The van der Waals surface area contributed by atoms with Crippen LogP contribution in [0.3, 0.4) is 0 Å². The number of likely N-dealkylation sites (tertiary alicyclic amines) is 1. The van der Waals surface area contributed by atoms with E-state index in [9.17, 15) is 4.79 Å². The Hall–Kier alpha value is 0.0800. The van der Waals surface area contributed by atoms with Crippen molar-refractivity contribution in [3.05, 3.63) is 0 Å². The number of halogens is 1. The number of piperazine rings is 1. The molecule has 2 saturated heterocycles. The van der Waals surface area contributed by atoms with Crippen LogP contribution in [-0.2, 0) is 9.53 Å². The number of hydrogen-bond donors (Lipinski definition) is 0. The standard InChI is InChI=1S/C13H24IN3O2/c1-2-19-13(18)11-15-5-3-12(4-6-15)16-7-9-17(14)10-8-16/h12H,2-11H2,1H3. The summed E-state index contributed by atoms with van der Waals surface area (Å²) in [4.78, 5) is 16.3. The molecule has 0 N–H and O–H groups in total. The van der Waals surface area contributed by atoms with Crippen LogP contribution in [0.4, 0.5) is 0 Å². The van der Waals surface area contributed by atoms with Crippen molar-refractivity contribution in [1.29, 1.82) is 0 Å². The minimum absolute atomic E-state index is 0.0838. The molecule has 0 spiro atoms. The molecule has 2 aliphatic heterocycles. The molecule has 0 aromatic heterocycles. The van der Waals surface area contributed by atoms with Crippen molar-refractivity contribution in [1.82, 2.24) is 12.9 Å². The molecule has 2 rings (SSSR count). The maximum atomic E-state index is 11.4. The molecule has 0 aliphatic carbocycles. The monoisotopic (exact) mass is 381 g/mol. The van der Waals surface area contributed by atoms with Crippen LogP contribution in [0.25, 0.3) is 0 Å². The summed E-state index contributed by atoms with van der Waals surface area (Å²) < 4.78 is 7.37. The lowest BCUT2D eigenvalue weighted by atomic mass is 10.0. The third kappa shape index (κ3) is 4.84. The third-order valence-electron chi connectivity index (χ3n) is 3.99. The van der Waals surface area contributed by atoms with Gasteiger partial charge in [0.15, 0.2) is 0 Å². The molecule has 0 amide bonds. The molecule has 19 heavy (non-hydrogen) atoms. The second kappa shape index (κ2) is 7.75. The van der Waals surface area contributed by atoms with Crippen LogP contribution in [0.5, 0.6) is 0 Å². The van der Waals surface area contributed by atoms with Gasteiger partial charge >= 0.3 is 5.97 Å². The van der Waals surface area contributed by atoms with Crippen molar-refractivity contribution in [2.24, 2.45) is 0 Å². The zero-order valence-corrected chi connectivity index (χ0v) is 13.8. The number of carbonyl (C=O) groups is 1. The Morgan fingerprint density at radius 1 is 1.16 bits per heavy atom. The molecular weight excluding hydrogens is 357 g/mol. The number of hydrogen-bond acceptors (Lipinski definition) is 5. The first-order chi connectivity index (χ1) is 9.19. The lowest BCUT2D eigenvalue weighted by Gasteiger charge is -2.41. The van der Waals surface area contributed by atoms with Gasteiger partial charge in [-0.15, -0.1) is 0 Å². The van der Waals surface area contributed by atoms with Crippen molar-refractivity contribution in [3.63, 3.8) is 0 Å². The molecule has 0 aromatic rings. The normalized spacial score (nSPS) is 24.5. The Bertz CT molecular complexity index is 288. The molecule has 0 unspecified atom stereocenters. The summed E-state index contributed by atoms with van der Waals surface area (Å²) in [6.45, 7) is 9.56. The summed E-state index contributed by atoms with van der Waals surface area (Å²) >= 11 is 2.41. The van der Waals surface area contributed by atoms with Crippen molar-refractivity contribution < 1.29 is 9.53 Å². The van der Waals surface area contributed by atoms with Crippen LogP contribution in [0, 0.1) is 0 Å². The summed E-state index contributed by atoms with van der Waals surface area (Å²) in [7, 11) is 0. The van der Waals surface area contributed by atoms with Crippen molar-refractivity contribution in [2.45, 2.75) is 25.8 Å². The van der Waals surface area contributed by atoms with Crippen LogP contribution in [0.1, 0.15) is 19.8 Å². The first kappa shape index (κ1) is 15.5. The van der Waals surface area contributed by atoms with Gasteiger partial charge in [0.1, 0.15) is 0 Å². The SMILES string of the molecule is CCOC(=O)CN1CCC(N2CCN(I)CC2)CC1. The predicted molar refractivity (Wildman–Crippen MR) is 83.3 cm³/mol. The molecule has 2 aliphatic rings. The fourth-order valence-electron chi connectivity index (χ4n) is 2.89. The largest absolute Gasteiger partial charge is 0.465 e. The molecule has 0 bridgehead atoms. The van der Waals surface area contributed by atoms with E-state index in [1.165, 1.54) is 39.0 Å². The van der Waals surface area contributed by atoms with Gasteiger partial charge in [0, 0.05) is 68.2 Å². The van der Waals surface area contributed by atoms with Gasteiger partial charge in [-0.1, -0.05) is 0 Å². The fraction of sp³-hybridized carbons (Fsp3) is 0.923. The molecular formula is C13H24IN3O2. The molecule has 110 valence electrons. The fourth-order valence-corrected chi connectivity index (χ4v) is 3.33. The minimum Gasteiger partial charge on any atom is -0.465 e. The van der Waals surface area contributed by atoms with Gasteiger partial charge in [0.25, 0.3) is 0 Å². The number of piperidine rings is 1. The number of ether oxygens (including phenoxy) is 1. The highest BCUT2D eigenvalue weighted by Gasteiger charge is 2.27. The number of nitrogens with zero attached hydrogens (tertiary/aromatic N) is 3. The lowest BCUT2D eigenvalue weighted by Crippen LogP contribution is -2.51. The number of rotatable bonds is 4. The Balaban J connectivity index is 1.69. The van der Waals surface area contributed by atoms with Gasteiger partial charge in [-0.3, -0.25) is 14.6 Å². The topological polar surface area (TPSA) is 36.0 Å². The molecule has 6 heteroatoms. The summed E-state index contributed by atoms with van der Waals surface area (Å²) in [5.41, 5.74) is 0. The van der Waals surface area contributed by atoms with Gasteiger partial charge in [0.2, 0.25) is 0 Å². The van der Waals surface area contributed by atoms with E-state index in [2.05, 4.69) is 35.8 Å². The molecule has 2 fully saturated rings.